The Morgan fingerprint density at radius 1 is 1.02 bits per heavy atom. The molecule has 1 amide bonds. The molecule has 0 fully saturated rings. The molecule has 2 aromatic carbocycles. The largest absolute Gasteiger partial charge is 0.573 e. The summed E-state index contributed by atoms with van der Waals surface area (Å²) in [6, 6.07) is 9.22. The molecule has 2 aromatic heterocycles. The number of carbonyl (C=O) groups is 1. The number of amides is 1. The Balaban J connectivity index is 0.000000587. The molecule has 0 aliphatic heterocycles. The fourth-order valence-corrected chi connectivity index (χ4v) is 4.54. The maximum Gasteiger partial charge on any atom is 0.573 e. The minimum Gasteiger partial charge on any atom is -0.406 e. The number of rotatable bonds is 13. The highest BCUT2D eigenvalue weighted by Gasteiger charge is 2.31. The van der Waals surface area contributed by atoms with E-state index in [0.29, 0.717) is 52.1 Å². The lowest BCUT2D eigenvalue weighted by atomic mass is 10.2. The highest BCUT2D eigenvalue weighted by Crippen LogP contribution is 2.33. The van der Waals surface area contributed by atoms with Gasteiger partial charge < -0.3 is 35.1 Å². The van der Waals surface area contributed by atoms with Gasteiger partial charge in [0.2, 0.25) is 5.95 Å². The number of anilines is 2. The molecule has 4 rings (SSSR count). The van der Waals surface area contributed by atoms with Crippen molar-refractivity contribution in [3.05, 3.63) is 42.0 Å². The van der Waals surface area contributed by atoms with E-state index in [2.05, 4.69) is 25.3 Å². The minimum absolute atomic E-state index is 0.193. The first kappa shape index (κ1) is 32.1. The van der Waals surface area contributed by atoms with Crippen molar-refractivity contribution in [2.24, 2.45) is 12.8 Å². The number of thiazole rings is 1. The monoisotopic (exact) mass is 596 g/mol. The highest BCUT2D eigenvalue weighted by molar-refractivity contribution is 7.22. The Labute approximate surface area is 240 Å². The van der Waals surface area contributed by atoms with Gasteiger partial charge in [-0.25, -0.2) is 9.97 Å². The van der Waals surface area contributed by atoms with Gasteiger partial charge in [-0.2, -0.15) is 0 Å². The van der Waals surface area contributed by atoms with Crippen LogP contribution in [0.5, 0.6) is 5.75 Å². The number of fused-ring (bicyclic) bond motifs is 2. The lowest BCUT2D eigenvalue weighted by Gasteiger charge is -2.07. The lowest BCUT2D eigenvalue weighted by Crippen LogP contribution is -2.25. The second-order valence-electron chi connectivity index (χ2n) is 8.66. The first-order valence-electron chi connectivity index (χ1n) is 13.2. The second kappa shape index (κ2) is 15.5. The van der Waals surface area contributed by atoms with Crippen LogP contribution >= 0.6 is 11.3 Å². The molecule has 0 unspecified atom stereocenters. The molecule has 224 valence electrons. The molecule has 4 N–H and O–H groups in total. The van der Waals surface area contributed by atoms with Crippen molar-refractivity contribution in [2.75, 3.05) is 44.8 Å². The summed E-state index contributed by atoms with van der Waals surface area (Å²) < 4.78 is 54.0. The molecule has 0 saturated heterocycles. The molecular formula is C27H35F3N6O4S. The predicted molar refractivity (Wildman–Crippen MR) is 154 cm³/mol. The van der Waals surface area contributed by atoms with Crippen molar-refractivity contribution in [2.45, 2.75) is 33.1 Å². The summed E-state index contributed by atoms with van der Waals surface area (Å²) in [5.74, 6) is -0.0154. The van der Waals surface area contributed by atoms with E-state index in [0.717, 1.165) is 38.1 Å². The Hall–Kier alpha value is -3.46. The molecule has 0 radical (unpaired) electrons. The van der Waals surface area contributed by atoms with Gasteiger partial charge in [0, 0.05) is 51.6 Å². The number of alkyl halides is 3. The van der Waals surface area contributed by atoms with Crippen LogP contribution in [-0.4, -0.2) is 66.3 Å². The van der Waals surface area contributed by atoms with Gasteiger partial charge >= 0.3 is 6.36 Å². The molecule has 2 heterocycles. The summed E-state index contributed by atoms with van der Waals surface area (Å²) >= 11 is 1.18. The van der Waals surface area contributed by atoms with E-state index in [9.17, 15) is 18.0 Å². The summed E-state index contributed by atoms with van der Waals surface area (Å²) in [6.45, 7) is 8.01. The number of ether oxygens (including phenoxy) is 3. The van der Waals surface area contributed by atoms with Gasteiger partial charge in [0.1, 0.15) is 5.75 Å². The third-order valence-corrected chi connectivity index (χ3v) is 6.54. The minimum atomic E-state index is -4.76. The third-order valence-electron chi connectivity index (χ3n) is 5.61. The van der Waals surface area contributed by atoms with Crippen LogP contribution in [0.25, 0.3) is 21.3 Å². The van der Waals surface area contributed by atoms with Crippen molar-refractivity contribution >= 4 is 49.6 Å². The van der Waals surface area contributed by atoms with Crippen molar-refractivity contribution < 1.29 is 32.2 Å². The van der Waals surface area contributed by atoms with Crippen LogP contribution in [0.2, 0.25) is 0 Å². The summed E-state index contributed by atoms with van der Waals surface area (Å²) in [7, 11) is 1.81. The summed E-state index contributed by atoms with van der Waals surface area (Å²) in [4.78, 5) is 21.4. The quantitative estimate of drug-likeness (QED) is 0.176. The number of nitrogens with zero attached hydrogens (tertiary/aromatic N) is 3. The number of nitrogens with two attached hydrogens (primary N) is 1. The normalized spacial score (nSPS) is 11.4. The van der Waals surface area contributed by atoms with Gasteiger partial charge in [0.05, 0.1) is 21.3 Å². The van der Waals surface area contributed by atoms with E-state index in [1.165, 1.54) is 29.5 Å². The summed E-state index contributed by atoms with van der Waals surface area (Å²) in [5.41, 5.74) is 7.63. The predicted octanol–water partition coefficient (Wildman–Crippen LogP) is 5.35. The van der Waals surface area contributed by atoms with Crippen LogP contribution in [0.3, 0.4) is 0 Å². The fraction of sp³-hybridized carbons (Fsp3) is 0.444. The zero-order chi connectivity index (χ0) is 29.8. The number of halogens is 3. The van der Waals surface area contributed by atoms with Gasteiger partial charge in [0.15, 0.2) is 5.13 Å². The molecule has 4 aromatic rings. The fourth-order valence-electron chi connectivity index (χ4n) is 3.66. The number of imidazole rings is 1. The zero-order valence-corrected chi connectivity index (χ0v) is 24.0. The van der Waals surface area contributed by atoms with Crippen molar-refractivity contribution in [1.82, 2.24) is 19.9 Å². The van der Waals surface area contributed by atoms with Crippen LogP contribution < -0.4 is 21.1 Å². The number of hydrogen-bond acceptors (Lipinski definition) is 9. The average Bonchev–Trinajstić information content (AvgIpc) is 3.47. The maximum absolute atomic E-state index is 12.5. The first-order chi connectivity index (χ1) is 19.6. The molecule has 0 bridgehead atoms. The molecule has 10 nitrogen and oxygen atoms in total. The van der Waals surface area contributed by atoms with Crippen LogP contribution in [0.1, 0.15) is 37.0 Å². The van der Waals surface area contributed by atoms with E-state index in [1.807, 2.05) is 31.5 Å². The summed E-state index contributed by atoms with van der Waals surface area (Å²) in [5, 5.41) is 6.43. The number of benzene rings is 2. The number of aromatic nitrogens is 3. The Morgan fingerprint density at radius 3 is 2.44 bits per heavy atom. The van der Waals surface area contributed by atoms with Crippen molar-refractivity contribution in [1.29, 1.82) is 0 Å². The number of aryl methyl sites for hydroxylation is 1. The molecule has 0 aliphatic carbocycles. The topological polar surface area (TPSA) is 126 Å². The van der Waals surface area contributed by atoms with Gasteiger partial charge in [0.25, 0.3) is 5.91 Å². The summed E-state index contributed by atoms with van der Waals surface area (Å²) in [6.07, 6.45) is -3.05. The first-order valence-corrected chi connectivity index (χ1v) is 14.0. The van der Waals surface area contributed by atoms with Crippen LogP contribution in [0.4, 0.5) is 24.3 Å². The van der Waals surface area contributed by atoms with E-state index in [-0.39, 0.29) is 11.7 Å². The molecule has 0 aliphatic rings. The molecule has 14 heteroatoms. The van der Waals surface area contributed by atoms with E-state index in [4.69, 9.17) is 15.2 Å². The third kappa shape index (κ3) is 9.85. The number of nitrogens with one attached hydrogen (secondary N) is 2. The second-order valence-corrected chi connectivity index (χ2v) is 9.70. The smallest absolute Gasteiger partial charge is 0.406 e. The highest BCUT2D eigenvalue weighted by atomic mass is 32.1. The van der Waals surface area contributed by atoms with Crippen molar-refractivity contribution in [3.63, 3.8) is 0 Å². The Morgan fingerprint density at radius 2 is 1.76 bits per heavy atom. The lowest BCUT2D eigenvalue weighted by molar-refractivity contribution is -0.274. The van der Waals surface area contributed by atoms with Gasteiger partial charge in [-0.1, -0.05) is 11.3 Å². The number of carbonyl (C=O) groups excluding carboxylic acids is 1. The van der Waals surface area contributed by atoms with E-state index >= 15 is 0 Å². The Kier molecular flexibility index (Phi) is 12.1. The number of hydrogen-bond donors (Lipinski definition) is 3. The standard InChI is InChI=1S/C22H22F3N5O3S.C5H13NO/c1-3-32-10-4-9-26-19(31)13-5-8-17-16(11-13)27-20(30(17)2)29-21-28-15-7-6-14(12-18(15)34-21)33-22(23,24)25;1-2-7-5-3-4-6/h5-8,11-12H,3-4,9-10H2,1-2H3,(H,26,31)(H,27,28,29);2-6H2,1H3. The van der Waals surface area contributed by atoms with Crippen LogP contribution in [-0.2, 0) is 16.5 Å². The average molecular weight is 597 g/mol. The SMILES string of the molecule is CCOCCCN.CCOCCCNC(=O)c1ccc2c(c1)nc(Nc1nc3ccc(OC(F)(F)F)cc3s1)n2C. The van der Waals surface area contributed by atoms with Gasteiger partial charge in [-0.3, -0.25) is 4.79 Å². The van der Waals surface area contributed by atoms with E-state index < -0.39 is 6.36 Å². The Bertz CT molecular complexity index is 1410. The van der Waals surface area contributed by atoms with Gasteiger partial charge in [-0.15, -0.1) is 13.2 Å². The molecule has 0 saturated carbocycles. The van der Waals surface area contributed by atoms with E-state index in [1.54, 1.807) is 12.1 Å². The van der Waals surface area contributed by atoms with Gasteiger partial charge in [-0.05, 0) is 63.6 Å². The molecule has 0 spiro atoms. The van der Waals surface area contributed by atoms with Crippen LogP contribution in [0, 0.1) is 0 Å². The maximum atomic E-state index is 12.5. The molecule has 0 atom stereocenters. The van der Waals surface area contributed by atoms with Crippen LogP contribution in [0.15, 0.2) is 36.4 Å². The zero-order valence-electron chi connectivity index (χ0n) is 23.2. The van der Waals surface area contributed by atoms with Crippen molar-refractivity contribution in [3.8, 4) is 5.75 Å². The molecule has 41 heavy (non-hydrogen) atoms. The molecular weight excluding hydrogens is 561 g/mol.